The summed E-state index contributed by atoms with van der Waals surface area (Å²) in [5.74, 6) is -0.310. The summed E-state index contributed by atoms with van der Waals surface area (Å²) in [5, 5.41) is 4.05. The number of hydrogen-bond acceptors (Lipinski definition) is 4. The molecule has 5 nitrogen and oxygen atoms in total. The molecule has 0 amide bonds. The Hall–Kier alpha value is -1.17. The zero-order chi connectivity index (χ0) is 13.3. The van der Waals surface area contributed by atoms with Crippen molar-refractivity contribution in [3.05, 3.63) is 18.0 Å². The monoisotopic (exact) mass is 258 g/mol. The highest BCUT2D eigenvalue weighted by atomic mass is 32.2. The molecule has 0 N–H and O–H groups in total. The van der Waals surface area contributed by atoms with Crippen molar-refractivity contribution in [3.8, 4) is 0 Å². The quantitative estimate of drug-likeness (QED) is 0.784. The van der Waals surface area contributed by atoms with Gasteiger partial charge in [0.1, 0.15) is 4.75 Å². The first-order chi connectivity index (χ1) is 7.68. The summed E-state index contributed by atoms with van der Waals surface area (Å²) < 4.78 is 23.4. The van der Waals surface area contributed by atoms with E-state index in [4.69, 9.17) is 0 Å². The molecule has 0 saturated heterocycles. The van der Waals surface area contributed by atoms with E-state index in [1.165, 1.54) is 13.8 Å². The number of rotatable bonds is 5. The first-order valence-corrected chi connectivity index (χ1v) is 7.32. The van der Waals surface area contributed by atoms with E-state index in [2.05, 4.69) is 5.10 Å². The van der Waals surface area contributed by atoms with Crippen molar-refractivity contribution in [2.75, 3.05) is 6.26 Å². The standard InChI is InChI=1S/C11H18N2O3S/c1-5-13-8-9(7-12-13)6-10(14)11(2,3)17(4,15)16/h7-8H,5-6H2,1-4H3. The fourth-order valence-corrected chi connectivity index (χ4v) is 1.76. The Kier molecular flexibility index (Phi) is 3.76. The highest BCUT2D eigenvalue weighted by molar-refractivity contribution is 7.92. The maximum absolute atomic E-state index is 12.0. The van der Waals surface area contributed by atoms with Crippen LogP contribution in [0.2, 0.25) is 0 Å². The number of carbonyl (C=O) groups is 1. The van der Waals surface area contributed by atoms with Crippen LogP contribution >= 0.6 is 0 Å². The van der Waals surface area contributed by atoms with Crippen LogP contribution in [0.1, 0.15) is 26.3 Å². The van der Waals surface area contributed by atoms with Gasteiger partial charge in [-0.15, -0.1) is 0 Å². The van der Waals surface area contributed by atoms with E-state index in [-0.39, 0.29) is 12.2 Å². The van der Waals surface area contributed by atoms with Crippen molar-refractivity contribution in [1.82, 2.24) is 9.78 Å². The number of hydrogen-bond donors (Lipinski definition) is 0. The molecule has 0 aliphatic heterocycles. The predicted molar refractivity (Wildman–Crippen MR) is 65.5 cm³/mol. The van der Waals surface area contributed by atoms with Gasteiger partial charge in [-0.05, 0) is 26.3 Å². The van der Waals surface area contributed by atoms with Crippen molar-refractivity contribution < 1.29 is 13.2 Å². The Labute approximate surface area is 102 Å². The highest BCUT2D eigenvalue weighted by Gasteiger charge is 2.37. The molecule has 0 aliphatic rings. The summed E-state index contributed by atoms with van der Waals surface area (Å²) in [6.07, 6.45) is 4.54. The number of aromatic nitrogens is 2. The Morgan fingerprint density at radius 3 is 2.47 bits per heavy atom. The minimum absolute atomic E-state index is 0.0973. The maximum Gasteiger partial charge on any atom is 0.159 e. The molecule has 1 heterocycles. The Bertz CT molecular complexity index is 515. The second kappa shape index (κ2) is 4.60. The van der Waals surface area contributed by atoms with Crippen LogP contribution in [0.5, 0.6) is 0 Å². The van der Waals surface area contributed by atoms with Crippen molar-refractivity contribution >= 4 is 15.6 Å². The van der Waals surface area contributed by atoms with E-state index in [9.17, 15) is 13.2 Å². The number of Topliss-reactive ketones (excluding diaryl/α,β-unsaturated/α-hetero) is 1. The first-order valence-electron chi connectivity index (χ1n) is 5.42. The summed E-state index contributed by atoms with van der Waals surface area (Å²) >= 11 is 0. The summed E-state index contributed by atoms with van der Waals surface area (Å²) in [6, 6.07) is 0. The van der Waals surface area contributed by atoms with E-state index in [0.717, 1.165) is 18.4 Å². The Balaban J connectivity index is 2.86. The summed E-state index contributed by atoms with van der Waals surface area (Å²) in [7, 11) is -3.40. The molecular formula is C11H18N2O3S. The van der Waals surface area contributed by atoms with Crippen LogP contribution in [0, 0.1) is 0 Å². The van der Waals surface area contributed by atoms with Gasteiger partial charge < -0.3 is 0 Å². The second-order valence-electron chi connectivity index (χ2n) is 4.59. The molecule has 0 aliphatic carbocycles. The lowest BCUT2D eigenvalue weighted by atomic mass is 10.0. The zero-order valence-corrected chi connectivity index (χ0v) is 11.4. The van der Waals surface area contributed by atoms with Crippen LogP contribution in [0.3, 0.4) is 0 Å². The fraction of sp³-hybridized carbons (Fsp3) is 0.636. The molecule has 1 aromatic rings. The van der Waals surface area contributed by atoms with Gasteiger partial charge in [0, 0.05) is 25.4 Å². The van der Waals surface area contributed by atoms with Gasteiger partial charge >= 0.3 is 0 Å². The third-order valence-corrected chi connectivity index (χ3v) is 5.06. The van der Waals surface area contributed by atoms with Crippen LogP contribution in [0.15, 0.2) is 12.4 Å². The van der Waals surface area contributed by atoms with Gasteiger partial charge in [-0.3, -0.25) is 9.48 Å². The van der Waals surface area contributed by atoms with Crippen LogP contribution in [0.4, 0.5) is 0 Å². The lowest BCUT2D eigenvalue weighted by Crippen LogP contribution is -2.40. The topological polar surface area (TPSA) is 69.0 Å². The molecule has 0 bridgehead atoms. The third kappa shape index (κ3) is 2.94. The van der Waals surface area contributed by atoms with Gasteiger partial charge in [0.15, 0.2) is 15.6 Å². The van der Waals surface area contributed by atoms with Gasteiger partial charge in [0.25, 0.3) is 0 Å². The Morgan fingerprint density at radius 1 is 1.47 bits per heavy atom. The van der Waals surface area contributed by atoms with Crippen LogP contribution in [0.25, 0.3) is 0 Å². The van der Waals surface area contributed by atoms with Crippen molar-refractivity contribution in [2.24, 2.45) is 0 Å². The van der Waals surface area contributed by atoms with Gasteiger partial charge in [0.05, 0.1) is 6.20 Å². The molecule has 1 rings (SSSR count). The molecule has 1 aromatic heterocycles. The minimum Gasteiger partial charge on any atom is -0.298 e. The summed E-state index contributed by atoms with van der Waals surface area (Å²) in [4.78, 5) is 12.0. The Morgan fingerprint density at radius 2 is 2.06 bits per heavy atom. The first kappa shape index (κ1) is 13.9. The van der Waals surface area contributed by atoms with Crippen molar-refractivity contribution in [1.29, 1.82) is 0 Å². The molecule has 0 aromatic carbocycles. The molecule has 96 valence electrons. The van der Waals surface area contributed by atoms with E-state index in [1.807, 2.05) is 6.92 Å². The molecule has 0 fully saturated rings. The molecule has 0 radical (unpaired) electrons. The van der Waals surface area contributed by atoms with Crippen molar-refractivity contribution in [2.45, 2.75) is 38.5 Å². The highest BCUT2D eigenvalue weighted by Crippen LogP contribution is 2.18. The molecule has 0 unspecified atom stereocenters. The zero-order valence-electron chi connectivity index (χ0n) is 10.6. The van der Waals surface area contributed by atoms with E-state index in [1.54, 1.807) is 17.1 Å². The third-order valence-electron chi connectivity index (χ3n) is 2.97. The predicted octanol–water partition coefficient (Wildman–Crippen LogP) is 0.838. The lowest BCUT2D eigenvalue weighted by molar-refractivity contribution is -0.120. The van der Waals surface area contributed by atoms with Crippen LogP contribution < -0.4 is 0 Å². The number of nitrogens with zero attached hydrogens (tertiary/aromatic N) is 2. The number of carbonyl (C=O) groups excluding carboxylic acids is 1. The summed E-state index contributed by atoms with van der Waals surface area (Å²) in [6.45, 7) is 5.55. The largest absolute Gasteiger partial charge is 0.298 e. The van der Waals surface area contributed by atoms with Gasteiger partial charge in [0.2, 0.25) is 0 Å². The molecule has 6 heteroatoms. The molecular weight excluding hydrogens is 240 g/mol. The van der Waals surface area contributed by atoms with Gasteiger partial charge in [-0.25, -0.2) is 8.42 Å². The second-order valence-corrected chi connectivity index (χ2v) is 7.15. The normalized spacial score (nSPS) is 12.7. The molecule has 0 spiro atoms. The lowest BCUT2D eigenvalue weighted by Gasteiger charge is -2.20. The summed E-state index contributed by atoms with van der Waals surface area (Å²) in [5.41, 5.74) is 0.744. The van der Waals surface area contributed by atoms with Crippen molar-refractivity contribution in [3.63, 3.8) is 0 Å². The van der Waals surface area contributed by atoms with Gasteiger partial charge in [-0.1, -0.05) is 0 Å². The molecule has 17 heavy (non-hydrogen) atoms. The molecule has 0 saturated carbocycles. The number of aryl methyl sites for hydroxylation is 1. The SMILES string of the molecule is CCn1cc(CC(=O)C(C)(C)S(C)(=O)=O)cn1. The number of ketones is 1. The average Bonchev–Trinajstić information content (AvgIpc) is 2.63. The number of sulfone groups is 1. The van der Waals surface area contributed by atoms with Crippen LogP contribution in [-0.4, -0.2) is 35.0 Å². The molecule has 0 atom stereocenters. The average molecular weight is 258 g/mol. The van der Waals surface area contributed by atoms with E-state index in [0.29, 0.717) is 0 Å². The van der Waals surface area contributed by atoms with E-state index < -0.39 is 14.6 Å². The minimum atomic E-state index is -3.40. The van der Waals surface area contributed by atoms with E-state index >= 15 is 0 Å². The smallest absolute Gasteiger partial charge is 0.159 e. The fourth-order valence-electron chi connectivity index (χ4n) is 1.28. The maximum atomic E-state index is 12.0. The van der Waals surface area contributed by atoms with Crippen LogP contribution in [-0.2, 0) is 27.6 Å². The van der Waals surface area contributed by atoms with Gasteiger partial charge in [-0.2, -0.15) is 5.10 Å².